The van der Waals surface area contributed by atoms with Gasteiger partial charge in [0.25, 0.3) is 15.9 Å². The molecule has 1 aliphatic rings. The Morgan fingerprint density at radius 3 is 2.14 bits per heavy atom. The van der Waals surface area contributed by atoms with E-state index >= 15 is 0 Å². The van der Waals surface area contributed by atoms with Crippen molar-refractivity contribution >= 4 is 34.0 Å². The summed E-state index contributed by atoms with van der Waals surface area (Å²) in [7, 11) is -1.89. The molecule has 0 unspecified atom stereocenters. The quantitative estimate of drug-likeness (QED) is 0.769. The van der Waals surface area contributed by atoms with Crippen LogP contribution in [-0.2, 0) is 10.0 Å². The summed E-state index contributed by atoms with van der Waals surface area (Å²) in [6.45, 7) is 1.35. The van der Waals surface area contributed by atoms with Crippen molar-refractivity contribution in [2.45, 2.75) is 23.8 Å². The van der Waals surface area contributed by atoms with Gasteiger partial charge in [-0.05, 0) is 68.4 Å². The molecule has 0 saturated carbocycles. The molecule has 1 amide bonds. The van der Waals surface area contributed by atoms with Gasteiger partial charge in [0.1, 0.15) is 5.82 Å². The van der Waals surface area contributed by atoms with Crippen LogP contribution in [0.2, 0.25) is 0 Å². The highest BCUT2D eigenvalue weighted by molar-refractivity contribution is 7.92. The molecule has 0 bridgehead atoms. The van der Waals surface area contributed by atoms with Crippen molar-refractivity contribution in [1.29, 1.82) is 0 Å². The standard InChI is InChI=1S/C19H22FN3O3S.ClH/c1-21-16-10-12-23(13-11-16)19(24)14-2-8-18(9-3-14)27(25,26)22-17-6-4-15(20)5-7-17;/h2-9,16,21-22H,10-13H2,1H3;1H. The van der Waals surface area contributed by atoms with Crippen LogP contribution in [0.15, 0.2) is 53.4 Å². The Kier molecular flexibility index (Phi) is 7.40. The van der Waals surface area contributed by atoms with Crippen LogP contribution in [-0.4, -0.2) is 45.4 Å². The smallest absolute Gasteiger partial charge is 0.261 e. The molecule has 0 aromatic heterocycles. The average molecular weight is 428 g/mol. The summed E-state index contributed by atoms with van der Waals surface area (Å²) in [5.74, 6) is -0.542. The van der Waals surface area contributed by atoms with Crippen LogP contribution in [0.3, 0.4) is 0 Å². The number of carbonyl (C=O) groups is 1. The van der Waals surface area contributed by atoms with E-state index in [0.717, 1.165) is 12.8 Å². The van der Waals surface area contributed by atoms with Crippen LogP contribution in [0.4, 0.5) is 10.1 Å². The maximum Gasteiger partial charge on any atom is 0.261 e. The lowest BCUT2D eigenvalue weighted by Gasteiger charge is -2.31. The maximum atomic E-state index is 12.9. The lowest BCUT2D eigenvalue weighted by Crippen LogP contribution is -2.43. The van der Waals surface area contributed by atoms with Crippen LogP contribution in [0, 0.1) is 5.82 Å². The minimum atomic E-state index is -3.81. The van der Waals surface area contributed by atoms with E-state index in [1.807, 2.05) is 7.05 Å². The van der Waals surface area contributed by atoms with E-state index in [9.17, 15) is 17.6 Å². The Labute approximate surface area is 170 Å². The van der Waals surface area contributed by atoms with E-state index in [1.165, 1.54) is 48.5 Å². The van der Waals surface area contributed by atoms with Crippen LogP contribution in [0.25, 0.3) is 0 Å². The van der Waals surface area contributed by atoms with E-state index in [1.54, 1.807) is 4.90 Å². The first kappa shape index (κ1) is 22.1. The normalized spacial score (nSPS) is 15.0. The number of nitrogens with one attached hydrogen (secondary N) is 2. The Hall–Kier alpha value is -2.16. The first-order chi connectivity index (χ1) is 12.9. The number of likely N-dealkylation sites (tertiary alicyclic amines) is 1. The summed E-state index contributed by atoms with van der Waals surface area (Å²) < 4.78 is 40.2. The van der Waals surface area contributed by atoms with Crippen molar-refractivity contribution in [2.24, 2.45) is 0 Å². The zero-order valence-electron chi connectivity index (χ0n) is 15.4. The second kappa shape index (κ2) is 9.36. The molecule has 0 spiro atoms. The summed E-state index contributed by atoms with van der Waals surface area (Å²) in [5.41, 5.74) is 0.725. The number of halogens is 2. The second-order valence-corrected chi connectivity index (χ2v) is 8.17. The van der Waals surface area contributed by atoms with Crippen LogP contribution in [0.5, 0.6) is 0 Å². The fraction of sp³-hybridized carbons (Fsp3) is 0.316. The van der Waals surface area contributed by atoms with Gasteiger partial charge in [-0.15, -0.1) is 12.4 Å². The van der Waals surface area contributed by atoms with E-state index in [0.29, 0.717) is 24.7 Å². The molecule has 0 atom stereocenters. The number of carbonyl (C=O) groups excluding carboxylic acids is 1. The molecule has 6 nitrogen and oxygen atoms in total. The molecule has 2 aromatic carbocycles. The molecule has 0 aliphatic carbocycles. The lowest BCUT2D eigenvalue weighted by molar-refractivity contribution is 0.0707. The third-order valence-electron chi connectivity index (χ3n) is 4.70. The minimum absolute atomic E-state index is 0. The minimum Gasteiger partial charge on any atom is -0.339 e. The van der Waals surface area contributed by atoms with E-state index in [-0.39, 0.29) is 28.9 Å². The van der Waals surface area contributed by atoms with Crippen molar-refractivity contribution in [3.63, 3.8) is 0 Å². The molecule has 2 N–H and O–H groups in total. The van der Waals surface area contributed by atoms with E-state index < -0.39 is 15.8 Å². The first-order valence-electron chi connectivity index (χ1n) is 8.74. The van der Waals surface area contributed by atoms with Crippen LogP contribution in [0.1, 0.15) is 23.2 Å². The van der Waals surface area contributed by atoms with Gasteiger partial charge < -0.3 is 10.2 Å². The zero-order valence-corrected chi connectivity index (χ0v) is 17.0. The Balaban J connectivity index is 0.00000280. The molecule has 2 aromatic rings. The highest BCUT2D eigenvalue weighted by Crippen LogP contribution is 2.19. The average Bonchev–Trinajstić information content (AvgIpc) is 2.69. The monoisotopic (exact) mass is 427 g/mol. The highest BCUT2D eigenvalue weighted by Gasteiger charge is 2.23. The fourth-order valence-corrected chi connectivity index (χ4v) is 4.12. The Bertz CT molecular complexity index is 897. The molecular formula is C19H23ClFN3O3S. The van der Waals surface area contributed by atoms with Gasteiger partial charge in [-0.3, -0.25) is 9.52 Å². The Morgan fingerprint density at radius 1 is 1.04 bits per heavy atom. The summed E-state index contributed by atoms with van der Waals surface area (Å²) in [5, 5.41) is 3.22. The predicted molar refractivity (Wildman–Crippen MR) is 109 cm³/mol. The Morgan fingerprint density at radius 2 is 1.61 bits per heavy atom. The molecule has 28 heavy (non-hydrogen) atoms. The van der Waals surface area contributed by atoms with Gasteiger partial charge in [0.2, 0.25) is 0 Å². The molecular weight excluding hydrogens is 405 g/mol. The SMILES string of the molecule is CNC1CCN(C(=O)c2ccc(S(=O)(=O)Nc3ccc(F)cc3)cc2)CC1.Cl. The number of amides is 1. The molecule has 1 saturated heterocycles. The predicted octanol–water partition coefficient (Wildman–Crippen LogP) is 2.87. The van der Waals surface area contributed by atoms with Gasteiger partial charge in [-0.1, -0.05) is 0 Å². The number of hydrogen-bond acceptors (Lipinski definition) is 4. The molecule has 1 fully saturated rings. The second-order valence-electron chi connectivity index (χ2n) is 6.49. The number of rotatable bonds is 5. The third kappa shape index (κ3) is 5.21. The number of sulfonamides is 1. The van der Waals surface area contributed by atoms with Crippen LogP contribution < -0.4 is 10.0 Å². The zero-order chi connectivity index (χ0) is 19.4. The van der Waals surface area contributed by atoms with Crippen LogP contribution >= 0.6 is 12.4 Å². The summed E-state index contributed by atoms with van der Waals surface area (Å²) >= 11 is 0. The van der Waals surface area contributed by atoms with Gasteiger partial charge >= 0.3 is 0 Å². The molecule has 0 radical (unpaired) electrons. The molecule has 9 heteroatoms. The van der Waals surface area contributed by atoms with Gasteiger partial charge in [0, 0.05) is 30.4 Å². The molecule has 1 heterocycles. The fourth-order valence-electron chi connectivity index (χ4n) is 3.06. The number of benzene rings is 2. The highest BCUT2D eigenvalue weighted by atomic mass is 35.5. The van der Waals surface area contributed by atoms with E-state index in [4.69, 9.17) is 0 Å². The number of anilines is 1. The van der Waals surface area contributed by atoms with Crippen molar-refractivity contribution in [1.82, 2.24) is 10.2 Å². The van der Waals surface area contributed by atoms with Crippen molar-refractivity contribution in [3.8, 4) is 0 Å². The van der Waals surface area contributed by atoms with Gasteiger partial charge in [-0.25, -0.2) is 12.8 Å². The lowest BCUT2D eigenvalue weighted by atomic mass is 10.0. The molecule has 1 aliphatic heterocycles. The van der Waals surface area contributed by atoms with Crippen molar-refractivity contribution < 1.29 is 17.6 Å². The van der Waals surface area contributed by atoms with Gasteiger partial charge in [0.05, 0.1) is 4.90 Å². The number of nitrogens with zero attached hydrogens (tertiary/aromatic N) is 1. The van der Waals surface area contributed by atoms with Gasteiger partial charge in [-0.2, -0.15) is 0 Å². The van der Waals surface area contributed by atoms with Crippen molar-refractivity contribution in [3.05, 3.63) is 59.9 Å². The summed E-state index contributed by atoms with van der Waals surface area (Å²) in [6.07, 6.45) is 1.80. The maximum absolute atomic E-state index is 12.9. The number of hydrogen-bond donors (Lipinski definition) is 2. The molecule has 3 rings (SSSR count). The number of piperidine rings is 1. The molecule has 152 valence electrons. The first-order valence-corrected chi connectivity index (χ1v) is 10.2. The van der Waals surface area contributed by atoms with Crippen molar-refractivity contribution in [2.75, 3.05) is 24.9 Å². The largest absolute Gasteiger partial charge is 0.339 e. The third-order valence-corrected chi connectivity index (χ3v) is 6.10. The summed E-state index contributed by atoms with van der Waals surface area (Å²) in [6, 6.07) is 11.3. The van der Waals surface area contributed by atoms with Gasteiger partial charge in [0.15, 0.2) is 0 Å². The van der Waals surface area contributed by atoms with E-state index in [2.05, 4.69) is 10.0 Å². The summed E-state index contributed by atoms with van der Waals surface area (Å²) in [4.78, 5) is 14.4. The topological polar surface area (TPSA) is 78.5 Å².